The van der Waals surface area contributed by atoms with E-state index < -0.39 is 71.8 Å². The second-order valence-electron chi connectivity index (χ2n) is 9.96. The Morgan fingerprint density at radius 2 is 1.69 bits per heavy atom. The zero-order valence-electron chi connectivity index (χ0n) is 19.0. The highest BCUT2D eigenvalue weighted by atomic mass is 19.3. The van der Waals surface area contributed by atoms with Crippen LogP contribution in [0.1, 0.15) is 68.1 Å². The van der Waals surface area contributed by atoms with Crippen molar-refractivity contribution >= 4 is 23.5 Å². The van der Waals surface area contributed by atoms with Gasteiger partial charge in [0, 0.05) is 30.9 Å². The molecule has 3 amide bonds. The number of amides is 3. The molecule has 0 aromatic heterocycles. The Hall–Kier alpha value is -2.98. The molecule has 3 aliphatic carbocycles. The van der Waals surface area contributed by atoms with Crippen molar-refractivity contribution in [3.63, 3.8) is 0 Å². The predicted octanol–water partition coefficient (Wildman–Crippen LogP) is 2.73. The van der Waals surface area contributed by atoms with Crippen molar-refractivity contribution in [1.29, 1.82) is 0 Å². The number of benzene rings is 1. The number of hydrogen-bond acceptors (Lipinski definition) is 4. The van der Waals surface area contributed by atoms with Gasteiger partial charge in [-0.3, -0.25) is 19.2 Å². The summed E-state index contributed by atoms with van der Waals surface area (Å²) in [7, 11) is 0. The topological polar surface area (TPSA) is 104 Å². The van der Waals surface area contributed by atoms with Crippen LogP contribution in [-0.4, -0.2) is 52.7 Å². The van der Waals surface area contributed by atoms with Crippen LogP contribution in [0.25, 0.3) is 0 Å². The lowest BCUT2D eigenvalue weighted by atomic mass is 9.70. The maximum Gasteiger partial charge on any atom is 0.290 e. The molecule has 0 saturated heterocycles. The number of nitrogens with one attached hydrogen (secondary N) is 3. The summed E-state index contributed by atoms with van der Waals surface area (Å²) in [5.41, 5.74) is -4.05. The molecule has 1 aromatic rings. The van der Waals surface area contributed by atoms with E-state index in [0.717, 1.165) is 12.1 Å². The molecule has 3 saturated carbocycles. The van der Waals surface area contributed by atoms with Crippen molar-refractivity contribution in [2.24, 2.45) is 0 Å². The first kappa shape index (κ1) is 25.1. The Kier molecular flexibility index (Phi) is 6.63. The molecule has 0 radical (unpaired) electrons. The number of carbonyl (C=O) groups excluding carboxylic acids is 4. The van der Waals surface area contributed by atoms with Crippen LogP contribution in [0.15, 0.2) is 24.3 Å². The van der Waals surface area contributed by atoms with Gasteiger partial charge in [0.1, 0.15) is 23.1 Å². The lowest BCUT2D eigenvalue weighted by Crippen LogP contribution is -2.71. The summed E-state index contributed by atoms with van der Waals surface area (Å²) in [6.45, 7) is 0. The van der Waals surface area contributed by atoms with Crippen LogP contribution in [-0.2, 0) is 14.4 Å². The standard InChI is InChI=1S/C24H27F4N3O4/c25-15-5-3-4-14(10-15)19(33)30-17(11-22(26)8-1-2-9-22)20(34)31-23(12-24(27,28)13-23)18(32)21(35)29-16-6-7-16/h3-5,10,16-17H,1-2,6-9,11-13H2,(H,29,35)(H,30,33)(H,31,34). The normalized spacial score (nSPS) is 22.4. The van der Waals surface area contributed by atoms with E-state index in [0.29, 0.717) is 25.7 Å². The van der Waals surface area contributed by atoms with E-state index in [1.54, 1.807) is 0 Å². The van der Waals surface area contributed by atoms with Gasteiger partial charge in [-0.1, -0.05) is 18.9 Å². The van der Waals surface area contributed by atoms with Gasteiger partial charge in [-0.15, -0.1) is 0 Å². The number of rotatable bonds is 9. The molecule has 0 spiro atoms. The smallest absolute Gasteiger partial charge is 0.290 e. The molecule has 3 aliphatic rings. The Labute approximate surface area is 199 Å². The van der Waals surface area contributed by atoms with Crippen LogP contribution in [0.2, 0.25) is 0 Å². The molecule has 4 rings (SSSR count). The SMILES string of the molecule is O=C(NC1CC1)C(=O)C1(NC(=O)C(CC2(F)CCCC2)NC(=O)c2cccc(F)c2)CC(F)(F)C1. The zero-order chi connectivity index (χ0) is 25.4. The highest BCUT2D eigenvalue weighted by molar-refractivity contribution is 6.40. The van der Waals surface area contributed by atoms with Gasteiger partial charge in [0.05, 0.1) is 0 Å². The van der Waals surface area contributed by atoms with E-state index >= 15 is 4.39 Å². The number of alkyl halides is 3. The molecule has 1 unspecified atom stereocenters. The average Bonchev–Trinajstić information content (AvgIpc) is 3.48. The van der Waals surface area contributed by atoms with Gasteiger partial charge in [-0.05, 0) is 43.9 Å². The third-order valence-electron chi connectivity index (χ3n) is 6.81. The molecule has 1 aromatic carbocycles. The number of carbonyl (C=O) groups is 4. The number of ketones is 1. The summed E-state index contributed by atoms with van der Waals surface area (Å²) in [6.07, 6.45) is 0.202. The molecule has 11 heteroatoms. The molecule has 0 aliphatic heterocycles. The Morgan fingerprint density at radius 3 is 2.26 bits per heavy atom. The van der Waals surface area contributed by atoms with Crippen molar-refractivity contribution in [3.05, 3.63) is 35.6 Å². The molecule has 7 nitrogen and oxygen atoms in total. The summed E-state index contributed by atoms with van der Waals surface area (Å²) < 4.78 is 56.5. The minimum atomic E-state index is -3.27. The third-order valence-corrected chi connectivity index (χ3v) is 6.81. The molecule has 1 atom stereocenters. The van der Waals surface area contributed by atoms with Crippen LogP contribution in [0.3, 0.4) is 0 Å². The van der Waals surface area contributed by atoms with E-state index in [1.165, 1.54) is 12.1 Å². The van der Waals surface area contributed by atoms with Crippen molar-refractivity contribution in [3.8, 4) is 0 Å². The highest BCUT2D eigenvalue weighted by Gasteiger charge is 2.63. The minimum absolute atomic E-state index is 0.119. The minimum Gasteiger partial charge on any atom is -0.347 e. The maximum atomic E-state index is 15.3. The maximum absolute atomic E-state index is 15.3. The number of Topliss-reactive ketones (excluding diaryl/α,β-unsaturated/α-hetero) is 1. The zero-order valence-corrected chi connectivity index (χ0v) is 19.0. The fraction of sp³-hybridized carbons (Fsp3) is 0.583. The summed E-state index contributed by atoms with van der Waals surface area (Å²) in [5.74, 6) is -8.15. The quantitative estimate of drug-likeness (QED) is 0.361. The van der Waals surface area contributed by atoms with Crippen molar-refractivity contribution in [1.82, 2.24) is 16.0 Å². The summed E-state index contributed by atoms with van der Waals surface area (Å²) in [4.78, 5) is 51.0. The van der Waals surface area contributed by atoms with Crippen LogP contribution >= 0.6 is 0 Å². The van der Waals surface area contributed by atoms with E-state index in [-0.39, 0.29) is 24.4 Å². The lowest BCUT2D eigenvalue weighted by Gasteiger charge is -2.46. The Balaban J connectivity index is 1.53. The first-order valence-electron chi connectivity index (χ1n) is 11.7. The first-order chi connectivity index (χ1) is 16.4. The van der Waals surface area contributed by atoms with Crippen molar-refractivity contribution < 1.29 is 36.7 Å². The summed E-state index contributed by atoms with van der Waals surface area (Å²) >= 11 is 0. The highest BCUT2D eigenvalue weighted by Crippen LogP contribution is 2.46. The van der Waals surface area contributed by atoms with Crippen molar-refractivity contribution in [2.45, 2.75) is 87.0 Å². The van der Waals surface area contributed by atoms with Crippen LogP contribution in [0.5, 0.6) is 0 Å². The number of hydrogen-bond donors (Lipinski definition) is 3. The molecule has 35 heavy (non-hydrogen) atoms. The van der Waals surface area contributed by atoms with E-state index in [9.17, 15) is 32.3 Å². The first-order valence-corrected chi connectivity index (χ1v) is 11.7. The van der Waals surface area contributed by atoms with Crippen molar-refractivity contribution in [2.75, 3.05) is 0 Å². The van der Waals surface area contributed by atoms with E-state index in [2.05, 4.69) is 16.0 Å². The van der Waals surface area contributed by atoms with Gasteiger partial charge >= 0.3 is 0 Å². The fourth-order valence-electron chi connectivity index (χ4n) is 4.81. The lowest BCUT2D eigenvalue weighted by molar-refractivity contribution is -0.168. The largest absolute Gasteiger partial charge is 0.347 e. The third kappa shape index (κ3) is 5.82. The van der Waals surface area contributed by atoms with Crippen LogP contribution < -0.4 is 16.0 Å². The fourth-order valence-corrected chi connectivity index (χ4v) is 4.81. The van der Waals surface area contributed by atoms with Crippen LogP contribution in [0.4, 0.5) is 17.6 Å². The monoisotopic (exact) mass is 497 g/mol. The Bertz CT molecular complexity index is 1030. The second kappa shape index (κ2) is 9.23. The van der Waals surface area contributed by atoms with Crippen LogP contribution in [0, 0.1) is 5.82 Å². The molecule has 0 heterocycles. The molecule has 190 valence electrons. The summed E-state index contributed by atoms with van der Waals surface area (Å²) in [6, 6.07) is 2.91. The van der Waals surface area contributed by atoms with Gasteiger partial charge in [0.2, 0.25) is 11.7 Å². The number of halogens is 4. The van der Waals surface area contributed by atoms with Gasteiger partial charge in [-0.25, -0.2) is 17.6 Å². The summed E-state index contributed by atoms with van der Waals surface area (Å²) in [5, 5.41) is 7.02. The van der Waals surface area contributed by atoms with Gasteiger partial charge in [0.15, 0.2) is 0 Å². The van der Waals surface area contributed by atoms with Gasteiger partial charge in [0.25, 0.3) is 17.7 Å². The second-order valence-corrected chi connectivity index (χ2v) is 9.96. The molecular weight excluding hydrogens is 470 g/mol. The predicted molar refractivity (Wildman–Crippen MR) is 116 cm³/mol. The Morgan fingerprint density at radius 1 is 1.03 bits per heavy atom. The van der Waals surface area contributed by atoms with Gasteiger partial charge in [-0.2, -0.15) is 0 Å². The molecule has 3 N–H and O–H groups in total. The average molecular weight is 497 g/mol. The van der Waals surface area contributed by atoms with Gasteiger partial charge < -0.3 is 16.0 Å². The molecule has 0 bridgehead atoms. The van der Waals surface area contributed by atoms with E-state index in [4.69, 9.17) is 0 Å². The van der Waals surface area contributed by atoms with E-state index in [1.807, 2.05) is 0 Å². The molecular formula is C24H27F4N3O4. The molecule has 3 fully saturated rings.